The molecule has 0 nitrogen and oxygen atoms in total. The molecule has 0 aliphatic rings. The lowest BCUT2D eigenvalue weighted by molar-refractivity contribution is 0.569. The van der Waals surface area contributed by atoms with Crippen LogP contribution in [0.15, 0.2) is 46.2 Å². The summed E-state index contributed by atoms with van der Waals surface area (Å²) in [5, 5.41) is 0. The fourth-order valence-electron chi connectivity index (χ4n) is 8.27. The Balaban J connectivity index is 2.10. The van der Waals surface area contributed by atoms with Crippen LogP contribution < -0.4 is 0 Å². The van der Waals surface area contributed by atoms with Crippen molar-refractivity contribution in [1.29, 1.82) is 0 Å². The zero-order valence-electron chi connectivity index (χ0n) is 36.7. The molecule has 0 saturated heterocycles. The summed E-state index contributed by atoms with van der Waals surface area (Å²) in [6.45, 7) is 9.29. The quantitative estimate of drug-likeness (QED) is 0.0490. The molecule has 2 rings (SSSR count). The Morgan fingerprint density at radius 2 is 0.519 bits per heavy atom. The van der Waals surface area contributed by atoms with Gasteiger partial charge in [0.15, 0.2) is 0 Å². The maximum Gasteiger partial charge on any atom is 0.0221 e. The minimum atomic E-state index is 1.26. The smallest absolute Gasteiger partial charge is 0.0221 e. The second kappa shape index (κ2) is 36.5. The number of hydrogen-bond acceptors (Lipinski definition) is 2. The van der Waals surface area contributed by atoms with E-state index >= 15 is 0 Å². The van der Waals surface area contributed by atoms with E-state index in [9.17, 15) is 0 Å². The van der Waals surface area contributed by atoms with Crippen LogP contribution in [-0.2, 0) is 25.7 Å². The van der Waals surface area contributed by atoms with Crippen LogP contribution in [0.5, 0.6) is 0 Å². The molecular formula is C52H90S2. The largest absolute Gasteiger partial charge is 0.0654 e. The van der Waals surface area contributed by atoms with Crippen LogP contribution in [0.1, 0.15) is 255 Å². The van der Waals surface area contributed by atoms with Crippen LogP contribution in [0.4, 0.5) is 0 Å². The Bertz CT molecular complexity index is 1020. The zero-order chi connectivity index (χ0) is 38.6. The summed E-state index contributed by atoms with van der Waals surface area (Å²) in [4.78, 5) is 3.10. The molecule has 0 atom stereocenters. The number of hydrogen-bond donors (Lipinski definition) is 0. The second-order valence-electron chi connectivity index (χ2n) is 16.9. The molecule has 0 heterocycles. The van der Waals surface area contributed by atoms with Gasteiger partial charge in [-0.15, -0.1) is 0 Å². The molecule has 0 aliphatic carbocycles. The van der Waals surface area contributed by atoms with Crippen molar-refractivity contribution in [2.45, 2.75) is 269 Å². The van der Waals surface area contributed by atoms with Gasteiger partial charge in [-0.2, -0.15) is 0 Å². The standard InChI is InChI=1S/C52H90S2/c1-5-9-13-17-21-25-29-33-39-47-41-37-45-51(49(47)43-35-31-27-23-19-15-11-7-3)53-54-52-46-38-42-48(40-34-30-26-22-18-14-10-6-2)50(52)44-36-32-28-24-20-16-12-8-4/h37-38,41-42,45-46H,5-36,39-40,43-44H2,1-4H3. The summed E-state index contributed by atoms with van der Waals surface area (Å²) in [7, 11) is 4.16. The molecule has 0 unspecified atom stereocenters. The van der Waals surface area contributed by atoms with E-state index in [1.165, 1.54) is 231 Å². The van der Waals surface area contributed by atoms with Crippen molar-refractivity contribution in [3.63, 3.8) is 0 Å². The summed E-state index contributed by atoms with van der Waals surface area (Å²) in [5.41, 5.74) is 6.67. The number of rotatable bonds is 39. The monoisotopic (exact) mass is 779 g/mol. The van der Waals surface area contributed by atoms with Crippen LogP contribution in [-0.4, -0.2) is 0 Å². The first-order chi connectivity index (χ1) is 26.7. The topological polar surface area (TPSA) is 0 Å². The molecule has 2 heteroatoms. The Kier molecular flexibility index (Phi) is 33.3. The van der Waals surface area contributed by atoms with Gasteiger partial charge >= 0.3 is 0 Å². The van der Waals surface area contributed by atoms with E-state index in [1.807, 2.05) is 0 Å². The molecule has 0 fully saturated rings. The first-order valence-corrected chi connectivity index (χ1v) is 26.5. The predicted molar refractivity (Wildman–Crippen MR) is 250 cm³/mol. The average molecular weight is 779 g/mol. The first kappa shape index (κ1) is 49.3. The van der Waals surface area contributed by atoms with Gasteiger partial charge in [0.25, 0.3) is 0 Å². The molecule has 0 bridgehead atoms. The molecule has 2 aromatic carbocycles. The molecular weight excluding hydrogens is 689 g/mol. The van der Waals surface area contributed by atoms with Gasteiger partial charge < -0.3 is 0 Å². The SMILES string of the molecule is CCCCCCCCCCc1cccc(SSc2cccc(CCCCCCCCCC)c2CCCCCCCCCC)c1CCCCCCCCCC. The van der Waals surface area contributed by atoms with Gasteiger partial charge in [-0.05, 0) is 85.8 Å². The third kappa shape index (κ3) is 24.7. The van der Waals surface area contributed by atoms with Crippen molar-refractivity contribution in [3.05, 3.63) is 58.7 Å². The fourth-order valence-corrected chi connectivity index (χ4v) is 10.9. The maximum atomic E-state index is 2.48. The molecule has 2 aromatic rings. The Morgan fingerprint density at radius 3 is 0.796 bits per heavy atom. The van der Waals surface area contributed by atoms with Gasteiger partial charge in [-0.25, -0.2) is 0 Å². The molecule has 0 aromatic heterocycles. The van der Waals surface area contributed by atoms with E-state index in [2.05, 4.69) is 85.7 Å². The van der Waals surface area contributed by atoms with Crippen molar-refractivity contribution >= 4 is 21.6 Å². The van der Waals surface area contributed by atoms with Gasteiger partial charge in [-0.1, -0.05) is 253 Å². The minimum absolute atomic E-state index is 1.26. The Hall–Kier alpha value is -0.860. The summed E-state index contributed by atoms with van der Waals surface area (Å²) < 4.78 is 0. The van der Waals surface area contributed by atoms with Crippen molar-refractivity contribution in [2.75, 3.05) is 0 Å². The van der Waals surface area contributed by atoms with Crippen molar-refractivity contribution < 1.29 is 0 Å². The lowest BCUT2D eigenvalue weighted by Gasteiger charge is -2.17. The van der Waals surface area contributed by atoms with Crippen LogP contribution >= 0.6 is 21.6 Å². The second-order valence-corrected chi connectivity index (χ2v) is 19.1. The highest BCUT2D eigenvalue weighted by Gasteiger charge is 2.14. The number of benzene rings is 2. The summed E-state index contributed by atoms with van der Waals surface area (Å²) in [6, 6.07) is 14.6. The zero-order valence-corrected chi connectivity index (χ0v) is 38.4. The first-order valence-electron chi connectivity index (χ1n) is 24.3. The van der Waals surface area contributed by atoms with E-state index in [-0.39, 0.29) is 0 Å². The van der Waals surface area contributed by atoms with Gasteiger partial charge in [0.1, 0.15) is 0 Å². The Morgan fingerprint density at radius 1 is 0.278 bits per heavy atom. The normalized spacial score (nSPS) is 11.6. The number of aryl methyl sites for hydroxylation is 2. The van der Waals surface area contributed by atoms with Crippen LogP contribution in [0.3, 0.4) is 0 Å². The van der Waals surface area contributed by atoms with Gasteiger partial charge in [0, 0.05) is 9.79 Å². The summed E-state index contributed by atoms with van der Waals surface area (Å²) in [5.74, 6) is 0. The summed E-state index contributed by atoms with van der Waals surface area (Å²) >= 11 is 0. The van der Waals surface area contributed by atoms with Gasteiger partial charge in [0.2, 0.25) is 0 Å². The third-order valence-electron chi connectivity index (χ3n) is 11.8. The number of unbranched alkanes of at least 4 members (excludes halogenated alkanes) is 28. The molecule has 310 valence electrons. The fraction of sp³-hybridized carbons (Fsp3) is 0.769. The average Bonchev–Trinajstić information content (AvgIpc) is 3.19. The van der Waals surface area contributed by atoms with Crippen LogP contribution in [0.2, 0.25) is 0 Å². The highest BCUT2D eigenvalue weighted by Crippen LogP contribution is 2.43. The van der Waals surface area contributed by atoms with Crippen molar-refractivity contribution in [3.8, 4) is 0 Å². The van der Waals surface area contributed by atoms with Crippen molar-refractivity contribution in [1.82, 2.24) is 0 Å². The van der Waals surface area contributed by atoms with Crippen LogP contribution in [0.25, 0.3) is 0 Å². The van der Waals surface area contributed by atoms with E-state index < -0.39 is 0 Å². The molecule has 0 spiro atoms. The lowest BCUT2D eigenvalue weighted by atomic mass is 9.96. The minimum Gasteiger partial charge on any atom is -0.0654 e. The predicted octanol–water partition coefficient (Wildman–Crippen LogP) is 19.2. The lowest BCUT2D eigenvalue weighted by Crippen LogP contribution is -1.99. The van der Waals surface area contributed by atoms with Gasteiger partial charge in [-0.3, -0.25) is 0 Å². The van der Waals surface area contributed by atoms with E-state index in [0.717, 1.165) is 0 Å². The Labute approximate surface area is 347 Å². The molecule has 0 N–H and O–H groups in total. The van der Waals surface area contributed by atoms with Crippen molar-refractivity contribution in [2.24, 2.45) is 0 Å². The molecule has 0 amide bonds. The molecule has 0 saturated carbocycles. The third-order valence-corrected chi connectivity index (χ3v) is 14.4. The molecule has 0 aliphatic heterocycles. The highest BCUT2D eigenvalue weighted by molar-refractivity contribution is 8.76. The van der Waals surface area contributed by atoms with E-state index in [1.54, 1.807) is 32.0 Å². The summed E-state index contributed by atoms with van der Waals surface area (Å²) in [6.07, 6.45) is 49.8. The molecule has 54 heavy (non-hydrogen) atoms. The maximum absolute atomic E-state index is 2.48. The highest BCUT2D eigenvalue weighted by atomic mass is 33.1. The van der Waals surface area contributed by atoms with Crippen LogP contribution in [0, 0.1) is 0 Å². The van der Waals surface area contributed by atoms with E-state index in [0.29, 0.717) is 0 Å². The van der Waals surface area contributed by atoms with E-state index in [4.69, 9.17) is 0 Å². The molecule has 0 radical (unpaired) electrons. The van der Waals surface area contributed by atoms with Gasteiger partial charge in [0.05, 0.1) is 0 Å².